The summed E-state index contributed by atoms with van der Waals surface area (Å²) in [6, 6.07) is 3.20. The van der Waals surface area contributed by atoms with Gasteiger partial charge in [0.05, 0.1) is 0 Å². The van der Waals surface area contributed by atoms with Crippen LogP contribution in [0.1, 0.15) is 29.4 Å². The van der Waals surface area contributed by atoms with Crippen LogP contribution in [-0.4, -0.2) is 41.7 Å². The van der Waals surface area contributed by atoms with Gasteiger partial charge in [0.1, 0.15) is 5.69 Å². The molecule has 0 spiro atoms. The van der Waals surface area contributed by atoms with Gasteiger partial charge in [-0.25, -0.2) is 4.79 Å². The molecule has 6 heteroatoms. The highest BCUT2D eigenvalue weighted by Crippen LogP contribution is 2.02. The minimum absolute atomic E-state index is 0.254. The number of carbonyl (C=O) groups excluding carboxylic acids is 1. The molecule has 0 aliphatic rings. The summed E-state index contributed by atoms with van der Waals surface area (Å²) in [5.41, 5.74) is 0.925. The number of carbonyl (C=O) groups is 2. The molecule has 1 aromatic rings. The van der Waals surface area contributed by atoms with Gasteiger partial charge in [-0.05, 0) is 31.1 Å². The number of carboxylic acids is 1. The Bertz CT molecular complexity index is 469. The molecule has 1 heterocycles. The Morgan fingerprint density at radius 3 is 2.85 bits per heavy atom. The summed E-state index contributed by atoms with van der Waals surface area (Å²) in [5.74, 6) is -1.28. The Morgan fingerprint density at radius 1 is 1.45 bits per heavy atom. The van der Waals surface area contributed by atoms with Crippen LogP contribution in [0.5, 0.6) is 0 Å². The number of aromatic nitrogens is 1. The standard InChI is InChI=1S/C14H18N2O4/c1-2-20-9-3-8-15-14(19)12-6-4-11(10-16-12)5-7-13(17)18/h4-7,10H,2-3,8-9H2,1H3,(H,15,19)(H,17,18). The van der Waals surface area contributed by atoms with E-state index in [2.05, 4.69) is 10.3 Å². The molecule has 20 heavy (non-hydrogen) atoms. The number of nitrogens with one attached hydrogen (secondary N) is 1. The number of aliphatic carboxylic acids is 1. The van der Waals surface area contributed by atoms with Gasteiger partial charge in [-0.2, -0.15) is 0 Å². The first-order valence-electron chi connectivity index (χ1n) is 6.36. The van der Waals surface area contributed by atoms with Gasteiger partial charge in [0.2, 0.25) is 0 Å². The molecule has 0 aliphatic carbocycles. The lowest BCUT2D eigenvalue weighted by atomic mass is 10.2. The van der Waals surface area contributed by atoms with Gasteiger partial charge in [-0.15, -0.1) is 0 Å². The van der Waals surface area contributed by atoms with Gasteiger partial charge in [-0.1, -0.05) is 6.07 Å². The van der Waals surface area contributed by atoms with Crippen molar-refractivity contribution in [2.75, 3.05) is 19.8 Å². The zero-order valence-electron chi connectivity index (χ0n) is 11.3. The van der Waals surface area contributed by atoms with Gasteiger partial charge in [0, 0.05) is 32.0 Å². The molecule has 0 bridgehead atoms. The van der Waals surface area contributed by atoms with E-state index in [-0.39, 0.29) is 5.91 Å². The minimum Gasteiger partial charge on any atom is -0.478 e. The van der Waals surface area contributed by atoms with Gasteiger partial charge in [0.15, 0.2) is 0 Å². The van der Waals surface area contributed by atoms with E-state index in [1.807, 2.05) is 6.92 Å². The number of hydrogen-bond acceptors (Lipinski definition) is 4. The third-order valence-electron chi connectivity index (χ3n) is 2.39. The van der Waals surface area contributed by atoms with Crippen LogP contribution in [0.15, 0.2) is 24.4 Å². The van der Waals surface area contributed by atoms with Crippen molar-refractivity contribution in [3.05, 3.63) is 35.7 Å². The van der Waals surface area contributed by atoms with Gasteiger partial charge < -0.3 is 15.2 Å². The van der Waals surface area contributed by atoms with E-state index in [1.165, 1.54) is 12.3 Å². The second kappa shape index (κ2) is 8.82. The number of amides is 1. The number of carboxylic acid groups (broad SMARTS) is 1. The van der Waals surface area contributed by atoms with E-state index >= 15 is 0 Å². The number of nitrogens with zero attached hydrogens (tertiary/aromatic N) is 1. The third kappa shape index (κ3) is 6.10. The minimum atomic E-state index is -1.03. The van der Waals surface area contributed by atoms with Crippen LogP contribution >= 0.6 is 0 Å². The lowest BCUT2D eigenvalue weighted by Crippen LogP contribution is -2.26. The van der Waals surface area contributed by atoms with Gasteiger partial charge >= 0.3 is 5.97 Å². The summed E-state index contributed by atoms with van der Waals surface area (Å²) in [6.07, 6.45) is 4.64. The summed E-state index contributed by atoms with van der Waals surface area (Å²) >= 11 is 0. The van der Waals surface area contributed by atoms with Crippen LogP contribution in [0.4, 0.5) is 0 Å². The summed E-state index contributed by atoms with van der Waals surface area (Å²) in [7, 11) is 0. The molecule has 1 amide bonds. The molecular weight excluding hydrogens is 260 g/mol. The maximum atomic E-state index is 11.7. The van der Waals surface area contributed by atoms with Crippen molar-refractivity contribution in [3.63, 3.8) is 0 Å². The maximum absolute atomic E-state index is 11.7. The Kier molecular flexibility index (Phi) is 6.99. The normalized spacial score (nSPS) is 10.7. The summed E-state index contributed by atoms with van der Waals surface area (Å²) in [5, 5.41) is 11.2. The van der Waals surface area contributed by atoms with Gasteiger partial charge in [-0.3, -0.25) is 9.78 Å². The Morgan fingerprint density at radius 2 is 2.25 bits per heavy atom. The molecule has 108 valence electrons. The third-order valence-corrected chi connectivity index (χ3v) is 2.39. The second-order valence-electron chi connectivity index (χ2n) is 3.95. The smallest absolute Gasteiger partial charge is 0.328 e. The fourth-order valence-electron chi connectivity index (χ4n) is 1.42. The van der Waals surface area contributed by atoms with Crippen LogP contribution in [0.2, 0.25) is 0 Å². The lowest BCUT2D eigenvalue weighted by Gasteiger charge is -2.05. The monoisotopic (exact) mass is 278 g/mol. The van der Waals surface area contributed by atoms with E-state index in [0.29, 0.717) is 31.0 Å². The van der Waals surface area contributed by atoms with E-state index in [4.69, 9.17) is 9.84 Å². The lowest BCUT2D eigenvalue weighted by molar-refractivity contribution is -0.131. The molecule has 6 nitrogen and oxygen atoms in total. The molecule has 1 aromatic heterocycles. The molecule has 0 radical (unpaired) electrons. The molecule has 1 rings (SSSR count). The summed E-state index contributed by atoms with van der Waals surface area (Å²) in [4.78, 5) is 26.1. The predicted octanol–water partition coefficient (Wildman–Crippen LogP) is 1.34. The van der Waals surface area contributed by atoms with Crippen molar-refractivity contribution < 1.29 is 19.4 Å². The predicted molar refractivity (Wildman–Crippen MR) is 74.4 cm³/mol. The van der Waals surface area contributed by atoms with Crippen LogP contribution in [-0.2, 0) is 9.53 Å². The zero-order valence-corrected chi connectivity index (χ0v) is 11.3. The van der Waals surface area contributed by atoms with Crippen molar-refractivity contribution in [3.8, 4) is 0 Å². The quantitative estimate of drug-likeness (QED) is 0.553. The highest BCUT2D eigenvalue weighted by Gasteiger charge is 2.05. The first kappa shape index (κ1) is 15.8. The zero-order chi connectivity index (χ0) is 14.8. The molecule has 0 saturated carbocycles. The molecule has 2 N–H and O–H groups in total. The summed E-state index contributed by atoms with van der Waals surface area (Å²) < 4.78 is 5.16. The van der Waals surface area contributed by atoms with Crippen LogP contribution in [0, 0.1) is 0 Å². The maximum Gasteiger partial charge on any atom is 0.328 e. The fourth-order valence-corrected chi connectivity index (χ4v) is 1.42. The highest BCUT2D eigenvalue weighted by atomic mass is 16.5. The molecule has 0 aliphatic heterocycles. The SMILES string of the molecule is CCOCCCNC(=O)c1ccc(C=CC(=O)O)cn1. The molecule has 0 unspecified atom stereocenters. The number of pyridine rings is 1. The molecule has 0 atom stereocenters. The van der Waals surface area contributed by atoms with E-state index < -0.39 is 5.97 Å². The molecular formula is C14H18N2O4. The fraction of sp³-hybridized carbons (Fsp3) is 0.357. The molecule has 0 aromatic carbocycles. The Balaban J connectivity index is 2.43. The topological polar surface area (TPSA) is 88.5 Å². The van der Waals surface area contributed by atoms with E-state index in [0.717, 1.165) is 12.5 Å². The Labute approximate surface area is 117 Å². The van der Waals surface area contributed by atoms with Crippen molar-refractivity contribution in [2.24, 2.45) is 0 Å². The number of rotatable bonds is 8. The largest absolute Gasteiger partial charge is 0.478 e. The first-order chi connectivity index (χ1) is 9.63. The average Bonchev–Trinajstić information content (AvgIpc) is 2.45. The number of ether oxygens (including phenoxy) is 1. The van der Waals surface area contributed by atoms with Crippen LogP contribution < -0.4 is 5.32 Å². The average molecular weight is 278 g/mol. The van der Waals surface area contributed by atoms with Crippen molar-refractivity contribution in [1.82, 2.24) is 10.3 Å². The molecule has 0 fully saturated rings. The van der Waals surface area contributed by atoms with Crippen molar-refractivity contribution in [1.29, 1.82) is 0 Å². The first-order valence-corrected chi connectivity index (χ1v) is 6.36. The van der Waals surface area contributed by atoms with Crippen LogP contribution in [0.25, 0.3) is 6.08 Å². The van der Waals surface area contributed by atoms with Gasteiger partial charge in [0.25, 0.3) is 5.91 Å². The van der Waals surface area contributed by atoms with E-state index in [1.54, 1.807) is 12.1 Å². The van der Waals surface area contributed by atoms with Crippen molar-refractivity contribution >= 4 is 18.0 Å². The van der Waals surface area contributed by atoms with Crippen LogP contribution in [0.3, 0.4) is 0 Å². The summed E-state index contributed by atoms with van der Waals surface area (Å²) in [6.45, 7) is 3.73. The Hall–Kier alpha value is -2.21. The van der Waals surface area contributed by atoms with Crippen molar-refractivity contribution in [2.45, 2.75) is 13.3 Å². The molecule has 0 saturated heterocycles. The highest BCUT2D eigenvalue weighted by molar-refractivity contribution is 5.92. The van der Waals surface area contributed by atoms with E-state index in [9.17, 15) is 9.59 Å². The number of hydrogen-bond donors (Lipinski definition) is 2. The second-order valence-corrected chi connectivity index (χ2v) is 3.95.